The summed E-state index contributed by atoms with van der Waals surface area (Å²) >= 11 is 1.48. The Morgan fingerprint density at radius 2 is 1.96 bits per heavy atom. The molecule has 0 saturated carbocycles. The minimum atomic E-state index is 0. The van der Waals surface area contributed by atoms with Gasteiger partial charge < -0.3 is 20.0 Å². The summed E-state index contributed by atoms with van der Waals surface area (Å²) in [4.78, 5) is 27.0. The van der Waals surface area contributed by atoms with Crippen LogP contribution in [0.4, 0.5) is 5.13 Å². The van der Waals surface area contributed by atoms with Gasteiger partial charge in [-0.15, -0.1) is 24.0 Å². The lowest BCUT2D eigenvalue weighted by Gasteiger charge is -2.36. The Hall–Kier alpha value is -1.17. The van der Waals surface area contributed by atoms with E-state index in [0.717, 1.165) is 56.1 Å². The van der Waals surface area contributed by atoms with Crippen LogP contribution < -0.4 is 10.2 Å². The van der Waals surface area contributed by atoms with Gasteiger partial charge in [0.25, 0.3) is 0 Å². The van der Waals surface area contributed by atoms with Crippen LogP contribution in [-0.4, -0.2) is 84.4 Å². The summed E-state index contributed by atoms with van der Waals surface area (Å²) < 4.78 is 4.37. The van der Waals surface area contributed by atoms with Gasteiger partial charge in [0.2, 0.25) is 11.0 Å². The number of hydrogen-bond donors (Lipinski definition) is 1. The fourth-order valence-electron chi connectivity index (χ4n) is 2.53. The summed E-state index contributed by atoms with van der Waals surface area (Å²) in [6, 6.07) is 0. The molecule has 1 aromatic heterocycles. The molecule has 1 N–H and O–H groups in total. The maximum atomic E-state index is 11.7. The third-order valence-corrected chi connectivity index (χ3v) is 4.86. The number of aryl methyl sites for hydroxylation is 1. The minimum absolute atomic E-state index is 0. The fraction of sp³-hybridized carbons (Fsp3) is 0.750. The molecule has 1 aliphatic heterocycles. The van der Waals surface area contributed by atoms with Gasteiger partial charge in [0.05, 0.1) is 6.54 Å². The lowest BCUT2D eigenvalue weighted by Crippen LogP contribution is -2.52. The quantitative estimate of drug-likeness (QED) is 0.364. The van der Waals surface area contributed by atoms with Crippen molar-refractivity contribution in [1.29, 1.82) is 0 Å². The lowest BCUT2D eigenvalue weighted by molar-refractivity contribution is -0.128. The van der Waals surface area contributed by atoms with Crippen LogP contribution in [0.2, 0.25) is 0 Å². The van der Waals surface area contributed by atoms with Gasteiger partial charge >= 0.3 is 0 Å². The first-order valence-corrected chi connectivity index (χ1v) is 9.63. The number of carbonyl (C=O) groups excluding carboxylic acids is 1. The number of nitrogens with one attached hydrogen (secondary N) is 1. The number of hydrogen-bond acceptors (Lipinski definition) is 6. The molecule has 0 aliphatic carbocycles. The molecule has 0 atom stereocenters. The van der Waals surface area contributed by atoms with E-state index in [1.807, 2.05) is 0 Å². The lowest BCUT2D eigenvalue weighted by atomic mass is 10.3. The molecule has 1 aliphatic rings. The van der Waals surface area contributed by atoms with Crippen LogP contribution in [0.5, 0.6) is 0 Å². The number of piperazine rings is 1. The van der Waals surface area contributed by atoms with E-state index in [1.165, 1.54) is 11.5 Å². The van der Waals surface area contributed by atoms with Crippen LogP contribution in [0.3, 0.4) is 0 Å². The largest absolute Gasteiger partial charge is 0.357 e. The number of rotatable bonds is 6. The first-order chi connectivity index (χ1) is 12.0. The standard InChI is InChI=1S/C16H29N7OS.HI/c1-5-13-19-16(25-20-13)23-11-9-22(10-12-23)15(17-6-2)18-8-7-14(24)21(3)4;/h5-12H2,1-4H3,(H,17,18);1H. The van der Waals surface area contributed by atoms with E-state index in [4.69, 9.17) is 0 Å². The number of carbonyl (C=O) groups is 1. The molecule has 2 heterocycles. The predicted molar refractivity (Wildman–Crippen MR) is 118 cm³/mol. The molecule has 2 rings (SSSR count). The molecular formula is C16H30IN7OS. The van der Waals surface area contributed by atoms with E-state index in [9.17, 15) is 4.79 Å². The van der Waals surface area contributed by atoms with Gasteiger partial charge in [0, 0.05) is 71.2 Å². The van der Waals surface area contributed by atoms with E-state index in [1.54, 1.807) is 19.0 Å². The Kier molecular flexibility index (Phi) is 10.1. The third-order valence-electron chi connectivity index (χ3n) is 4.04. The van der Waals surface area contributed by atoms with E-state index in [0.29, 0.717) is 13.0 Å². The Balaban J connectivity index is 0.00000338. The van der Waals surface area contributed by atoms with Gasteiger partial charge in [-0.3, -0.25) is 9.79 Å². The van der Waals surface area contributed by atoms with Crippen molar-refractivity contribution in [2.45, 2.75) is 26.7 Å². The number of guanidine groups is 1. The molecule has 0 unspecified atom stereocenters. The van der Waals surface area contributed by atoms with Crippen molar-refractivity contribution < 1.29 is 4.79 Å². The predicted octanol–water partition coefficient (Wildman–Crippen LogP) is 1.28. The van der Waals surface area contributed by atoms with Crippen molar-refractivity contribution >= 4 is 52.5 Å². The molecule has 148 valence electrons. The number of aromatic nitrogens is 2. The van der Waals surface area contributed by atoms with Crippen molar-refractivity contribution in [3.8, 4) is 0 Å². The van der Waals surface area contributed by atoms with Crippen LogP contribution in [0.25, 0.3) is 0 Å². The minimum Gasteiger partial charge on any atom is -0.357 e. The Labute approximate surface area is 177 Å². The normalized spacial score (nSPS) is 14.8. The Bertz CT molecular complexity index is 585. The summed E-state index contributed by atoms with van der Waals surface area (Å²) in [6.07, 6.45) is 1.31. The molecule has 26 heavy (non-hydrogen) atoms. The number of aliphatic imine (C=N–C) groups is 1. The third kappa shape index (κ3) is 6.53. The molecule has 0 aromatic carbocycles. The number of halogens is 1. The van der Waals surface area contributed by atoms with Gasteiger partial charge in [0.1, 0.15) is 5.82 Å². The first kappa shape index (κ1) is 22.9. The van der Waals surface area contributed by atoms with Crippen molar-refractivity contribution in [2.24, 2.45) is 4.99 Å². The fourth-order valence-corrected chi connectivity index (χ4v) is 3.33. The van der Waals surface area contributed by atoms with Crippen LogP contribution in [-0.2, 0) is 11.2 Å². The zero-order valence-electron chi connectivity index (χ0n) is 16.1. The van der Waals surface area contributed by atoms with Gasteiger partial charge in [-0.1, -0.05) is 6.92 Å². The van der Waals surface area contributed by atoms with E-state index < -0.39 is 0 Å². The summed E-state index contributed by atoms with van der Waals surface area (Å²) in [7, 11) is 3.54. The van der Waals surface area contributed by atoms with Crippen molar-refractivity contribution in [3.63, 3.8) is 0 Å². The van der Waals surface area contributed by atoms with Gasteiger partial charge in [-0.25, -0.2) is 4.98 Å². The summed E-state index contributed by atoms with van der Waals surface area (Å²) in [5.41, 5.74) is 0. The van der Waals surface area contributed by atoms with Crippen LogP contribution in [0.1, 0.15) is 26.1 Å². The summed E-state index contributed by atoms with van der Waals surface area (Å²) in [6.45, 7) is 9.03. The van der Waals surface area contributed by atoms with E-state index in [2.05, 4.69) is 43.3 Å². The number of anilines is 1. The molecule has 10 heteroatoms. The second-order valence-corrected chi connectivity index (χ2v) is 6.82. The topological polar surface area (TPSA) is 77.0 Å². The van der Waals surface area contributed by atoms with Crippen LogP contribution >= 0.6 is 35.5 Å². The molecule has 0 spiro atoms. The molecule has 1 fully saturated rings. The highest BCUT2D eigenvalue weighted by molar-refractivity contribution is 14.0. The average Bonchev–Trinajstić information content (AvgIpc) is 3.10. The van der Waals surface area contributed by atoms with Crippen LogP contribution in [0.15, 0.2) is 4.99 Å². The van der Waals surface area contributed by atoms with E-state index in [-0.39, 0.29) is 29.9 Å². The van der Waals surface area contributed by atoms with E-state index >= 15 is 0 Å². The Morgan fingerprint density at radius 3 is 2.50 bits per heavy atom. The SMILES string of the molecule is CCNC(=NCCC(=O)N(C)C)N1CCN(c2nc(CC)ns2)CC1.I. The highest BCUT2D eigenvalue weighted by atomic mass is 127. The van der Waals surface area contributed by atoms with Gasteiger partial charge in [-0.05, 0) is 6.92 Å². The maximum Gasteiger partial charge on any atom is 0.223 e. The van der Waals surface area contributed by atoms with Gasteiger partial charge in [-0.2, -0.15) is 4.37 Å². The molecule has 0 radical (unpaired) electrons. The van der Waals surface area contributed by atoms with Crippen LogP contribution in [0, 0.1) is 0 Å². The Morgan fingerprint density at radius 1 is 1.27 bits per heavy atom. The monoisotopic (exact) mass is 495 g/mol. The summed E-state index contributed by atoms with van der Waals surface area (Å²) in [5, 5.41) is 4.34. The highest BCUT2D eigenvalue weighted by Crippen LogP contribution is 2.19. The van der Waals surface area contributed by atoms with Crippen molar-refractivity contribution in [3.05, 3.63) is 5.82 Å². The smallest absolute Gasteiger partial charge is 0.223 e. The second kappa shape index (κ2) is 11.5. The number of nitrogens with zero attached hydrogens (tertiary/aromatic N) is 6. The molecule has 1 amide bonds. The molecular weight excluding hydrogens is 465 g/mol. The highest BCUT2D eigenvalue weighted by Gasteiger charge is 2.22. The molecule has 0 bridgehead atoms. The van der Waals surface area contributed by atoms with Crippen molar-refractivity contribution in [2.75, 3.05) is 58.3 Å². The first-order valence-electron chi connectivity index (χ1n) is 8.86. The average molecular weight is 495 g/mol. The maximum absolute atomic E-state index is 11.7. The summed E-state index contributed by atoms with van der Waals surface area (Å²) in [5.74, 6) is 1.91. The van der Waals surface area contributed by atoms with Gasteiger partial charge in [0.15, 0.2) is 5.96 Å². The molecule has 1 aromatic rings. The second-order valence-electron chi connectivity index (χ2n) is 6.09. The number of amides is 1. The molecule has 1 saturated heterocycles. The zero-order valence-corrected chi connectivity index (χ0v) is 19.2. The molecule has 8 nitrogen and oxygen atoms in total. The van der Waals surface area contributed by atoms with Crippen molar-refractivity contribution in [1.82, 2.24) is 24.5 Å². The zero-order chi connectivity index (χ0) is 18.2.